The summed E-state index contributed by atoms with van der Waals surface area (Å²) in [6.45, 7) is 2.71. The number of carbonyl (C=O) groups excluding carboxylic acids is 1. The Morgan fingerprint density at radius 1 is 1.13 bits per heavy atom. The van der Waals surface area contributed by atoms with Crippen molar-refractivity contribution in [3.8, 4) is 23.3 Å². The van der Waals surface area contributed by atoms with Crippen LogP contribution in [0.15, 0.2) is 72.1 Å². The van der Waals surface area contributed by atoms with Crippen LogP contribution in [0.5, 0.6) is 17.2 Å². The van der Waals surface area contributed by atoms with E-state index < -0.39 is 11.9 Å². The molecule has 0 aliphatic carbocycles. The number of unbranched alkanes of at least 4 members (excludes halogenated alkanes) is 1. The maximum atomic E-state index is 13.0. The molecule has 2 N–H and O–H groups in total. The summed E-state index contributed by atoms with van der Waals surface area (Å²) >= 11 is 13.7. The van der Waals surface area contributed by atoms with Gasteiger partial charge in [-0.25, -0.2) is 4.79 Å². The lowest BCUT2D eigenvalue weighted by Crippen LogP contribution is -2.21. The zero-order valence-corrected chi connectivity index (χ0v) is 22.6. The van der Waals surface area contributed by atoms with Crippen molar-refractivity contribution in [2.45, 2.75) is 25.7 Å². The standard InChI is InChI=1S/C29H22Cl2N2O4S/c1-2-3-11-35-18-6-4-5-16(12-18)25-20-10-8-19(14-23(20)37-28(33)22(25)15-32)36-29(34)27-26(31)21-9-7-17(30)13-24(21)38-27/h4-10,12-14,25H,2-3,11,33H2,1H3. The minimum Gasteiger partial charge on any atom is -0.494 e. The molecule has 0 radical (unpaired) electrons. The molecule has 1 unspecified atom stereocenters. The zero-order chi connectivity index (χ0) is 26.8. The third-order valence-corrected chi connectivity index (χ3v) is 8.01. The number of benzene rings is 3. The summed E-state index contributed by atoms with van der Waals surface area (Å²) in [6, 6.07) is 20.0. The molecule has 6 nitrogen and oxygen atoms in total. The number of ether oxygens (including phenoxy) is 3. The number of rotatable bonds is 7. The molecule has 2 heterocycles. The van der Waals surface area contributed by atoms with Crippen molar-refractivity contribution in [2.24, 2.45) is 5.73 Å². The summed E-state index contributed by atoms with van der Waals surface area (Å²) in [5.74, 6) is 0.289. The van der Waals surface area contributed by atoms with Gasteiger partial charge in [-0.3, -0.25) is 0 Å². The van der Waals surface area contributed by atoms with Crippen LogP contribution in [0.25, 0.3) is 10.1 Å². The Morgan fingerprint density at radius 2 is 1.97 bits per heavy atom. The van der Waals surface area contributed by atoms with Gasteiger partial charge in [0.15, 0.2) is 0 Å². The molecular formula is C29H22Cl2N2O4S. The van der Waals surface area contributed by atoms with Crippen LogP contribution in [0.4, 0.5) is 0 Å². The molecule has 3 aromatic carbocycles. The van der Waals surface area contributed by atoms with Crippen LogP contribution >= 0.6 is 34.5 Å². The number of halogens is 2. The number of carbonyl (C=O) groups is 1. The number of nitrogens with two attached hydrogens (primary N) is 1. The zero-order valence-electron chi connectivity index (χ0n) is 20.3. The average molecular weight is 565 g/mol. The second-order valence-corrected chi connectivity index (χ2v) is 10.5. The van der Waals surface area contributed by atoms with Gasteiger partial charge in [0.05, 0.1) is 17.5 Å². The highest BCUT2D eigenvalue weighted by Crippen LogP contribution is 2.44. The molecule has 0 saturated carbocycles. The summed E-state index contributed by atoms with van der Waals surface area (Å²) in [5.41, 5.74) is 8.01. The summed E-state index contributed by atoms with van der Waals surface area (Å²) in [7, 11) is 0. The number of hydrogen-bond donors (Lipinski definition) is 1. The summed E-state index contributed by atoms with van der Waals surface area (Å²) in [6.07, 6.45) is 1.98. The first-order chi connectivity index (χ1) is 18.4. The first-order valence-corrected chi connectivity index (χ1v) is 13.5. The number of hydrogen-bond acceptors (Lipinski definition) is 7. The Labute approximate surface area is 233 Å². The van der Waals surface area contributed by atoms with E-state index in [2.05, 4.69) is 13.0 Å². The molecular weight excluding hydrogens is 543 g/mol. The van der Waals surface area contributed by atoms with Gasteiger partial charge in [-0.05, 0) is 42.3 Å². The van der Waals surface area contributed by atoms with Gasteiger partial charge in [0.2, 0.25) is 5.88 Å². The number of fused-ring (bicyclic) bond motifs is 2. The third-order valence-electron chi connectivity index (χ3n) is 6.14. The van der Waals surface area contributed by atoms with Crippen molar-refractivity contribution in [1.82, 2.24) is 0 Å². The van der Waals surface area contributed by atoms with Crippen LogP contribution in [0.2, 0.25) is 10.0 Å². The molecule has 0 amide bonds. The first-order valence-electron chi connectivity index (χ1n) is 11.9. The second kappa shape index (κ2) is 11.0. The lowest BCUT2D eigenvalue weighted by Gasteiger charge is -2.27. The predicted octanol–water partition coefficient (Wildman–Crippen LogP) is 7.82. The number of allylic oxidation sites excluding steroid dienone is 1. The molecule has 0 spiro atoms. The molecule has 1 aliphatic rings. The lowest BCUT2D eigenvalue weighted by molar-refractivity contribution is 0.0740. The second-order valence-electron chi connectivity index (χ2n) is 8.67. The highest BCUT2D eigenvalue weighted by molar-refractivity contribution is 7.21. The summed E-state index contributed by atoms with van der Waals surface area (Å²) in [4.78, 5) is 13.3. The maximum Gasteiger partial charge on any atom is 0.355 e. The van der Waals surface area contributed by atoms with E-state index in [1.165, 1.54) is 11.3 Å². The monoisotopic (exact) mass is 564 g/mol. The lowest BCUT2D eigenvalue weighted by atomic mass is 9.83. The van der Waals surface area contributed by atoms with E-state index in [4.69, 9.17) is 43.1 Å². The molecule has 1 aliphatic heterocycles. The number of nitrogens with zero attached hydrogens (tertiary/aromatic N) is 1. The van der Waals surface area contributed by atoms with Crippen LogP contribution in [0.1, 0.15) is 46.5 Å². The first kappa shape index (κ1) is 25.9. The van der Waals surface area contributed by atoms with Crippen molar-refractivity contribution in [3.05, 3.63) is 98.2 Å². The molecule has 4 aromatic rings. The quantitative estimate of drug-likeness (QED) is 0.139. The van der Waals surface area contributed by atoms with Gasteiger partial charge in [-0.1, -0.05) is 60.8 Å². The van der Waals surface area contributed by atoms with Crippen LogP contribution in [-0.4, -0.2) is 12.6 Å². The maximum absolute atomic E-state index is 13.0. The van der Waals surface area contributed by atoms with Crippen molar-refractivity contribution in [2.75, 3.05) is 6.61 Å². The van der Waals surface area contributed by atoms with Crippen molar-refractivity contribution in [3.63, 3.8) is 0 Å². The van der Waals surface area contributed by atoms with E-state index in [0.29, 0.717) is 33.7 Å². The number of nitriles is 1. The van der Waals surface area contributed by atoms with Crippen molar-refractivity contribution >= 4 is 50.6 Å². The molecule has 0 saturated heterocycles. The largest absolute Gasteiger partial charge is 0.494 e. The predicted molar refractivity (Wildman–Crippen MR) is 149 cm³/mol. The van der Waals surface area contributed by atoms with Gasteiger partial charge in [-0.2, -0.15) is 5.26 Å². The van der Waals surface area contributed by atoms with E-state index >= 15 is 0 Å². The van der Waals surface area contributed by atoms with Crippen molar-refractivity contribution in [1.29, 1.82) is 5.26 Å². The summed E-state index contributed by atoms with van der Waals surface area (Å²) < 4.78 is 18.1. The Balaban J connectivity index is 1.45. The average Bonchev–Trinajstić information content (AvgIpc) is 3.23. The van der Waals surface area contributed by atoms with Gasteiger partial charge in [0.25, 0.3) is 0 Å². The van der Waals surface area contributed by atoms with Gasteiger partial charge in [-0.15, -0.1) is 11.3 Å². The Morgan fingerprint density at radius 3 is 2.76 bits per heavy atom. The fourth-order valence-electron chi connectivity index (χ4n) is 4.28. The van der Waals surface area contributed by atoms with E-state index in [1.807, 2.05) is 24.3 Å². The molecule has 38 heavy (non-hydrogen) atoms. The smallest absolute Gasteiger partial charge is 0.355 e. The Kier molecular flexibility index (Phi) is 7.48. The summed E-state index contributed by atoms with van der Waals surface area (Å²) in [5, 5.41) is 11.5. The van der Waals surface area contributed by atoms with Gasteiger partial charge < -0.3 is 19.9 Å². The van der Waals surface area contributed by atoms with Crippen LogP contribution in [0, 0.1) is 11.3 Å². The molecule has 5 rings (SSSR count). The normalized spacial score (nSPS) is 14.5. The fraction of sp³-hybridized carbons (Fsp3) is 0.172. The van der Waals surface area contributed by atoms with E-state index in [-0.39, 0.29) is 16.5 Å². The van der Waals surface area contributed by atoms with Gasteiger partial charge in [0.1, 0.15) is 33.8 Å². The highest BCUT2D eigenvalue weighted by atomic mass is 35.5. The van der Waals surface area contributed by atoms with E-state index in [1.54, 1.807) is 36.4 Å². The number of esters is 1. The fourth-order valence-corrected chi connectivity index (χ4v) is 5.94. The van der Waals surface area contributed by atoms with Crippen LogP contribution < -0.4 is 19.9 Å². The SMILES string of the molecule is CCCCOc1cccc(C2C(C#N)=C(N)Oc3cc(OC(=O)c4sc5cc(Cl)ccc5c4Cl)ccc32)c1. The van der Waals surface area contributed by atoms with E-state index in [0.717, 1.165) is 34.1 Å². The molecule has 1 aromatic heterocycles. The molecule has 9 heteroatoms. The van der Waals surface area contributed by atoms with E-state index in [9.17, 15) is 10.1 Å². The molecule has 192 valence electrons. The van der Waals surface area contributed by atoms with Crippen molar-refractivity contribution < 1.29 is 19.0 Å². The topological polar surface area (TPSA) is 94.6 Å². The molecule has 0 fully saturated rings. The Hall–Kier alpha value is -3.70. The van der Waals surface area contributed by atoms with Gasteiger partial charge in [0, 0.05) is 26.7 Å². The highest BCUT2D eigenvalue weighted by Gasteiger charge is 2.31. The Bertz CT molecular complexity index is 1620. The minimum atomic E-state index is -0.599. The number of thiophene rings is 1. The minimum absolute atomic E-state index is 0.00443. The third kappa shape index (κ3) is 5.03. The van der Waals surface area contributed by atoms with Crippen LogP contribution in [0.3, 0.4) is 0 Å². The van der Waals surface area contributed by atoms with Crippen LogP contribution in [-0.2, 0) is 0 Å². The van der Waals surface area contributed by atoms with Gasteiger partial charge >= 0.3 is 5.97 Å². The molecule has 1 atom stereocenters. The molecule has 0 bridgehead atoms.